The van der Waals surface area contributed by atoms with Crippen LogP contribution in [0.15, 0.2) is 36.0 Å². The van der Waals surface area contributed by atoms with Crippen LogP contribution in [0.1, 0.15) is 23.7 Å². The van der Waals surface area contributed by atoms with Crippen molar-refractivity contribution >= 4 is 40.8 Å². The molecule has 0 aromatic carbocycles. The number of anilines is 1. The normalized spacial score (nSPS) is 11.2. The van der Waals surface area contributed by atoms with Crippen LogP contribution in [0.2, 0.25) is 5.02 Å². The molecular weight excluding hydrogens is 413 g/mol. The number of alkyl halides is 3. The van der Waals surface area contributed by atoms with Gasteiger partial charge in [-0.25, -0.2) is 9.97 Å². The Morgan fingerprint density at radius 1 is 1.32 bits per heavy atom. The van der Waals surface area contributed by atoms with E-state index in [-0.39, 0.29) is 10.9 Å². The predicted octanol–water partition coefficient (Wildman–Crippen LogP) is 4.77. The van der Waals surface area contributed by atoms with Gasteiger partial charge in [-0.1, -0.05) is 18.2 Å². The first-order valence-electron chi connectivity index (χ1n) is 8.11. The van der Waals surface area contributed by atoms with Gasteiger partial charge >= 0.3 is 6.18 Å². The van der Waals surface area contributed by atoms with Gasteiger partial charge in [0.15, 0.2) is 0 Å². The monoisotopic (exact) mass is 430 g/mol. The number of amides is 1. The third kappa shape index (κ3) is 6.42. The average Bonchev–Trinajstić information content (AvgIpc) is 2.57. The van der Waals surface area contributed by atoms with Crippen LogP contribution >= 0.6 is 23.4 Å². The second-order valence-electron chi connectivity index (χ2n) is 5.83. The largest absolute Gasteiger partial charge is 0.417 e. The molecule has 0 aliphatic rings. The van der Waals surface area contributed by atoms with Crippen molar-refractivity contribution in [2.24, 2.45) is 0 Å². The molecule has 2 aromatic rings. The Morgan fingerprint density at radius 3 is 2.64 bits per heavy atom. The highest BCUT2D eigenvalue weighted by atomic mass is 35.5. The van der Waals surface area contributed by atoms with Gasteiger partial charge < -0.3 is 10.6 Å². The predicted molar refractivity (Wildman–Crippen MR) is 105 cm³/mol. The summed E-state index contributed by atoms with van der Waals surface area (Å²) in [6.07, 6.45) is -3.71. The van der Waals surface area contributed by atoms with Crippen molar-refractivity contribution in [3.05, 3.63) is 52.8 Å². The quantitative estimate of drug-likeness (QED) is 0.489. The van der Waals surface area contributed by atoms with Gasteiger partial charge in [-0.15, -0.1) is 11.8 Å². The highest BCUT2D eigenvalue weighted by molar-refractivity contribution is 7.99. The Morgan fingerprint density at radius 2 is 2.04 bits per heavy atom. The molecule has 2 N–H and O–H groups in total. The zero-order chi connectivity index (χ0) is 20.9. The molecule has 1 amide bonds. The maximum atomic E-state index is 12.6. The molecule has 0 atom stereocenters. The molecule has 28 heavy (non-hydrogen) atoms. The van der Waals surface area contributed by atoms with E-state index in [2.05, 4.69) is 27.2 Å². The summed E-state index contributed by atoms with van der Waals surface area (Å²) in [7, 11) is 0. The van der Waals surface area contributed by atoms with Gasteiger partial charge in [-0.05, 0) is 25.1 Å². The van der Waals surface area contributed by atoms with Crippen molar-refractivity contribution in [1.29, 1.82) is 0 Å². The standard InChI is InChI=1S/C18H18ClF3N4OS/c1-10-6-13(7-16(25-10)26-12(3)27)11(2)23-4-5-28-17-15(19)8-14(9-24-17)18(20,21)22/h6-9,23H,2,4-5H2,1,3H3,(H,25,26,27). The van der Waals surface area contributed by atoms with Gasteiger partial charge in [0.1, 0.15) is 10.8 Å². The average molecular weight is 431 g/mol. The van der Waals surface area contributed by atoms with E-state index in [1.54, 1.807) is 13.0 Å². The molecule has 0 saturated heterocycles. The SMILES string of the molecule is C=C(NCCSc1ncc(C(F)(F)F)cc1Cl)c1cc(C)nc(NC(C)=O)c1. The molecule has 150 valence electrons. The lowest BCUT2D eigenvalue weighted by Gasteiger charge is -2.12. The number of nitrogens with one attached hydrogen (secondary N) is 2. The van der Waals surface area contributed by atoms with E-state index in [4.69, 9.17) is 11.6 Å². The number of hydrogen-bond acceptors (Lipinski definition) is 5. The highest BCUT2D eigenvalue weighted by Gasteiger charge is 2.31. The van der Waals surface area contributed by atoms with Crippen LogP contribution in [-0.4, -0.2) is 28.2 Å². The van der Waals surface area contributed by atoms with Crippen LogP contribution in [-0.2, 0) is 11.0 Å². The molecule has 0 fully saturated rings. The lowest BCUT2D eigenvalue weighted by molar-refractivity contribution is -0.137. The van der Waals surface area contributed by atoms with Crippen molar-refractivity contribution in [3.8, 4) is 0 Å². The Kier molecular flexibility index (Phi) is 7.31. The first kappa shape index (κ1) is 22.0. The van der Waals surface area contributed by atoms with Crippen LogP contribution in [0, 0.1) is 6.92 Å². The number of hydrogen-bond donors (Lipinski definition) is 2. The lowest BCUT2D eigenvalue weighted by Crippen LogP contribution is -2.16. The van der Waals surface area contributed by atoms with Crippen LogP contribution in [0.4, 0.5) is 19.0 Å². The molecule has 2 aromatic heterocycles. The number of carbonyl (C=O) groups is 1. The van der Waals surface area contributed by atoms with Crippen LogP contribution in [0.3, 0.4) is 0 Å². The van der Waals surface area contributed by atoms with Crippen molar-refractivity contribution in [2.75, 3.05) is 17.6 Å². The zero-order valence-corrected chi connectivity index (χ0v) is 16.7. The van der Waals surface area contributed by atoms with E-state index in [1.165, 1.54) is 18.7 Å². The second-order valence-corrected chi connectivity index (χ2v) is 7.32. The highest BCUT2D eigenvalue weighted by Crippen LogP contribution is 2.33. The molecule has 2 rings (SSSR count). The van der Waals surface area contributed by atoms with Crippen LogP contribution < -0.4 is 10.6 Å². The molecule has 0 bridgehead atoms. The van der Waals surface area contributed by atoms with E-state index in [9.17, 15) is 18.0 Å². The van der Waals surface area contributed by atoms with Gasteiger partial charge in [-0.3, -0.25) is 4.79 Å². The molecule has 0 radical (unpaired) electrons. The first-order valence-corrected chi connectivity index (χ1v) is 9.47. The van der Waals surface area contributed by atoms with E-state index in [0.29, 0.717) is 28.8 Å². The summed E-state index contributed by atoms with van der Waals surface area (Å²) in [4.78, 5) is 19.2. The minimum atomic E-state index is -4.47. The Labute approximate surface area is 169 Å². The molecule has 0 unspecified atom stereocenters. The fourth-order valence-corrected chi connectivity index (χ4v) is 3.28. The fourth-order valence-electron chi connectivity index (χ4n) is 2.23. The van der Waals surface area contributed by atoms with E-state index >= 15 is 0 Å². The molecule has 0 spiro atoms. The van der Waals surface area contributed by atoms with E-state index in [0.717, 1.165) is 23.5 Å². The molecule has 0 saturated carbocycles. The van der Waals surface area contributed by atoms with Crippen molar-refractivity contribution in [2.45, 2.75) is 25.0 Å². The summed E-state index contributed by atoms with van der Waals surface area (Å²) in [5.41, 5.74) is 1.24. The number of aryl methyl sites for hydroxylation is 1. The third-order valence-electron chi connectivity index (χ3n) is 3.42. The van der Waals surface area contributed by atoms with Gasteiger partial charge in [-0.2, -0.15) is 13.2 Å². The Hall–Kier alpha value is -2.26. The zero-order valence-electron chi connectivity index (χ0n) is 15.2. The number of carbonyl (C=O) groups excluding carboxylic acids is 1. The van der Waals surface area contributed by atoms with Crippen molar-refractivity contribution in [1.82, 2.24) is 15.3 Å². The topological polar surface area (TPSA) is 66.9 Å². The summed E-state index contributed by atoms with van der Waals surface area (Å²) >= 11 is 7.12. The number of halogens is 4. The first-order chi connectivity index (χ1) is 13.1. The molecule has 5 nitrogen and oxygen atoms in total. The van der Waals surface area contributed by atoms with E-state index < -0.39 is 11.7 Å². The Bertz CT molecular complexity index is 890. The number of pyridine rings is 2. The maximum absolute atomic E-state index is 12.6. The number of rotatable bonds is 7. The van der Waals surface area contributed by atoms with Crippen molar-refractivity contribution in [3.63, 3.8) is 0 Å². The summed E-state index contributed by atoms with van der Waals surface area (Å²) in [6, 6.07) is 4.39. The second kappa shape index (κ2) is 9.29. The van der Waals surface area contributed by atoms with E-state index in [1.807, 2.05) is 6.07 Å². The molecule has 2 heterocycles. The number of thioether (sulfide) groups is 1. The number of aromatic nitrogens is 2. The van der Waals surface area contributed by atoms with Crippen LogP contribution in [0.25, 0.3) is 5.70 Å². The van der Waals surface area contributed by atoms with Gasteiger partial charge in [0.2, 0.25) is 5.91 Å². The van der Waals surface area contributed by atoms with Gasteiger partial charge in [0.05, 0.1) is 10.6 Å². The van der Waals surface area contributed by atoms with Gasteiger partial charge in [0, 0.05) is 42.4 Å². The minimum Gasteiger partial charge on any atom is -0.384 e. The molecular formula is C18H18ClF3N4OS. The summed E-state index contributed by atoms with van der Waals surface area (Å²) in [5, 5.41) is 6.04. The maximum Gasteiger partial charge on any atom is 0.417 e. The molecule has 0 aliphatic carbocycles. The third-order valence-corrected chi connectivity index (χ3v) is 4.83. The van der Waals surface area contributed by atoms with Crippen LogP contribution in [0.5, 0.6) is 0 Å². The smallest absolute Gasteiger partial charge is 0.384 e. The van der Waals surface area contributed by atoms with Crippen molar-refractivity contribution < 1.29 is 18.0 Å². The number of nitrogens with zero attached hydrogens (tertiary/aromatic N) is 2. The fraction of sp³-hybridized carbons (Fsp3) is 0.278. The summed E-state index contributed by atoms with van der Waals surface area (Å²) in [5.74, 6) is 0.722. The summed E-state index contributed by atoms with van der Waals surface area (Å²) < 4.78 is 37.9. The molecule has 10 heteroatoms. The summed E-state index contributed by atoms with van der Waals surface area (Å²) in [6.45, 7) is 7.64. The van der Waals surface area contributed by atoms with Gasteiger partial charge in [0.25, 0.3) is 0 Å². The lowest BCUT2D eigenvalue weighted by atomic mass is 10.2. The molecule has 0 aliphatic heterocycles. The minimum absolute atomic E-state index is 0.0386. The Balaban J connectivity index is 1.91.